The van der Waals surface area contributed by atoms with Crippen molar-refractivity contribution in [2.75, 3.05) is 5.73 Å². The van der Waals surface area contributed by atoms with Gasteiger partial charge >= 0.3 is 0 Å². The second kappa shape index (κ2) is 5.38. The lowest BCUT2D eigenvalue weighted by molar-refractivity contribution is -0.384. The Morgan fingerprint density at radius 3 is 2.45 bits per heavy atom. The third-order valence-corrected chi connectivity index (χ3v) is 3.17. The zero-order valence-corrected chi connectivity index (χ0v) is 11.4. The van der Waals surface area contributed by atoms with E-state index in [9.17, 15) is 25.4 Å². The summed E-state index contributed by atoms with van der Waals surface area (Å²) in [6, 6.07) is 7.54. The smallest absolute Gasteiger partial charge is 0.270 e. The predicted molar refractivity (Wildman–Crippen MR) is 77.7 cm³/mol. The van der Waals surface area contributed by atoms with Gasteiger partial charge in [0.2, 0.25) is 0 Å². The molecule has 0 saturated heterocycles. The lowest BCUT2D eigenvalue weighted by atomic mass is 9.93. The minimum atomic E-state index is -0.750. The van der Waals surface area contributed by atoms with E-state index >= 15 is 0 Å². The summed E-state index contributed by atoms with van der Waals surface area (Å²) in [5.74, 6) is -0.188. The molecule has 108 valence electrons. The molecular weight excluding hydrogens is 286 g/mol. The SMILES string of the molecule is Cc1ccc([N+](=O)[O-])cc1-c1c(C#N)c(N)[nH]c(=O)c1C#N. The lowest BCUT2D eigenvalue weighted by Gasteiger charge is -2.11. The fraction of sp³-hybridized carbons (Fsp3) is 0.0714. The topological polar surface area (TPSA) is 150 Å². The molecule has 0 atom stereocenters. The van der Waals surface area contributed by atoms with E-state index in [1.165, 1.54) is 18.2 Å². The number of benzene rings is 1. The highest BCUT2D eigenvalue weighted by Gasteiger charge is 2.21. The Bertz CT molecular complexity index is 931. The van der Waals surface area contributed by atoms with E-state index < -0.39 is 10.5 Å². The second-order valence-corrected chi connectivity index (χ2v) is 4.47. The summed E-state index contributed by atoms with van der Waals surface area (Å²) < 4.78 is 0. The Balaban J connectivity index is 2.98. The largest absolute Gasteiger partial charge is 0.384 e. The van der Waals surface area contributed by atoms with Crippen molar-refractivity contribution in [1.82, 2.24) is 4.98 Å². The molecule has 2 rings (SSSR count). The van der Waals surface area contributed by atoms with Crippen molar-refractivity contribution in [1.29, 1.82) is 10.5 Å². The number of nitro benzene ring substituents is 1. The molecule has 0 fully saturated rings. The number of aromatic amines is 1. The molecular formula is C14H9N5O3. The van der Waals surface area contributed by atoms with Gasteiger partial charge in [-0.3, -0.25) is 14.9 Å². The number of nitriles is 2. The Morgan fingerprint density at radius 1 is 1.27 bits per heavy atom. The van der Waals surface area contributed by atoms with Crippen LogP contribution < -0.4 is 11.3 Å². The van der Waals surface area contributed by atoms with E-state index in [-0.39, 0.29) is 33.8 Å². The summed E-state index contributed by atoms with van der Waals surface area (Å²) in [5.41, 5.74) is 5.08. The number of non-ortho nitro benzene ring substituents is 1. The first-order valence-electron chi connectivity index (χ1n) is 6.02. The first-order valence-corrected chi connectivity index (χ1v) is 6.02. The minimum Gasteiger partial charge on any atom is -0.384 e. The Morgan fingerprint density at radius 2 is 1.91 bits per heavy atom. The highest BCUT2D eigenvalue weighted by molar-refractivity contribution is 5.82. The molecule has 3 N–H and O–H groups in total. The van der Waals surface area contributed by atoms with Gasteiger partial charge in [0, 0.05) is 17.7 Å². The first-order chi connectivity index (χ1) is 10.4. The van der Waals surface area contributed by atoms with Crippen molar-refractivity contribution in [3.05, 3.63) is 55.4 Å². The molecule has 2 aromatic rings. The number of rotatable bonds is 2. The third-order valence-electron chi connectivity index (χ3n) is 3.17. The standard InChI is InChI=1S/C14H9N5O3/c1-7-2-3-8(19(21)22)4-9(7)12-10(5-15)13(17)18-14(20)11(12)6-16/h2-4H,1H3,(H3,17,18,20). The third kappa shape index (κ3) is 2.25. The van der Waals surface area contributed by atoms with E-state index in [0.717, 1.165) is 0 Å². The van der Waals surface area contributed by atoms with Gasteiger partial charge in [-0.25, -0.2) is 0 Å². The van der Waals surface area contributed by atoms with Gasteiger partial charge in [0.05, 0.1) is 4.92 Å². The number of nitrogens with two attached hydrogens (primary N) is 1. The number of pyridine rings is 1. The van der Waals surface area contributed by atoms with E-state index in [1.54, 1.807) is 13.0 Å². The van der Waals surface area contributed by atoms with Gasteiger partial charge in [0.1, 0.15) is 29.1 Å². The maximum atomic E-state index is 11.9. The van der Waals surface area contributed by atoms with Crippen LogP contribution in [-0.4, -0.2) is 9.91 Å². The molecule has 1 aromatic heterocycles. The number of nitrogen functional groups attached to an aromatic ring is 1. The summed E-state index contributed by atoms with van der Waals surface area (Å²) >= 11 is 0. The molecule has 0 spiro atoms. The summed E-state index contributed by atoms with van der Waals surface area (Å²) in [5, 5.41) is 29.4. The molecule has 0 saturated carbocycles. The molecule has 1 aromatic carbocycles. The number of nitrogens with one attached hydrogen (secondary N) is 1. The van der Waals surface area contributed by atoms with Crippen LogP contribution in [0.15, 0.2) is 23.0 Å². The number of hydrogen-bond acceptors (Lipinski definition) is 6. The number of aryl methyl sites for hydroxylation is 1. The number of nitro groups is 1. The van der Waals surface area contributed by atoms with Crippen LogP contribution in [0.1, 0.15) is 16.7 Å². The van der Waals surface area contributed by atoms with E-state index in [4.69, 9.17) is 5.73 Å². The van der Waals surface area contributed by atoms with Crippen LogP contribution in [0.4, 0.5) is 11.5 Å². The van der Waals surface area contributed by atoms with Crippen LogP contribution in [0.2, 0.25) is 0 Å². The van der Waals surface area contributed by atoms with Crippen molar-refractivity contribution >= 4 is 11.5 Å². The Hall–Kier alpha value is -3.65. The summed E-state index contributed by atoms with van der Waals surface area (Å²) in [4.78, 5) is 24.4. The van der Waals surface area contributed by atoms with Gasteiger partial charge in [-0.2, -0.15) is 10.5 Å². The Labute approximate surface area is 124 Å². The minimum absolute atomic E-state index is 0.00690. The Kier molecular flexibility index (Phi) is 3.61. The van der Waals surface area contributed by atoms with E-state index in [1.807, 2.05) is 6.07 Å². The van der Waals surface area contributed by atoms with E-state index in [0.29, 0.717) is 5.56 Å². The zero-order valence-electron chi connectivity index (χ0n) is 11.4. The van der Waals surface area contributed by atoms with Crippen molar-refractivity contribution in [2.45, 2.75) is 6.92 Å². The molecule has 8 nitrogen and oxygen atoms in total. The lowest BCUT2D eigenvalue weighted by Crippen LogP contribution is -2.16. The fourth-order valence-electron chi connectivity index (χ4n) is 2.11. The number of nitrogens with zero attached hydrogens (tertiary/aromatic N) is 3. The number of H-pyrrole nitrogens is 1. The predicted octanol–water partition coefficient (Wildman–Crippen LogP) is 1.58. The molecule has 1 heterocycles. The second-order valence-electron chi connectivity index (χ2n) is 4.47. The molecule has 8 heteroatoms. The van der Waals surface area contributed by atoms with Crippen LogP contribution >= 0.6 is 0 Å². The van der Waals surface area contributed by atoms with Crippen molar-refractivity contribution in [3.8, 4) is 23.3 Å². The van der Waals surface area contributed by atoms with Crippen LogP contribution in [0.5, 0.6) is 0 Å². The van der Waals surface area contributed by atoms with Crippen molar-refractivity contribution in [3.63, 3.8) is 0 Å². The quantitative estimate of drug-likeness (QED) is 0.634. The highest BCUT2D eigenvalue weighted by atomic mass is 16.6. The van der Waals surface area contributed by atoms with Gasteiger partial charge in [-0.05, 0) is 18.1 Å². The van der Waals surface area contributed by atoms with Crippen LogP contribution in [-0.2, 0) is 0 Å². The first kappa shape index (κ1) is 14.8. The highest BCUT2D eigenvalue weighted by Crippen LogP contribution is 2.32. The van der Waals surface area contributed by atoms with Crippen LogP contribution in [0, 0.1) is 39.7 Å². The fourth-order valence-corrected chi connectivity index (χ4v) is 2.11. The van der Waals surface area contributed by atoms with Crippen molar-refractivity contribution in [2.24, 2.45) is 0 Å². The van der Waals surface area contributed by atoms with Gasteiger partial charge in [-0.15, -0.1) is 0 Å². The summed E-state index contributed by atoms with van der Waals surface area (Å²) in [7, 11) is 0. The van der Waals surface area contributed by atoms with Gasteiger partial charge in [-0.1, -0.05) is 6.07 Å². The van der Waals surface area contributed by atoms with Crippen molar-refractivity contribution < 1.29 is 4.92 Å². The molecule has 22 heavy (non-hydrogen) atoms. The average Bonchev–Trinajstić information content (AvgIpc) is 2.47. The van der Waals surface area contributed by atoms with Gasteiger partial charge in [0.15, 0.2) is 0 Å². The molecule has 0 bridgehead atoms. The van der Waals surface area contributed by atoms with Crippen LogP contribution in [0.3, 0.4) is 0 Å². The van der Waals surface area contributed by atoms with Gasteiger partial charge in [0.25, 0.3) is 11.2 Å². The normalized spacial score (nSPS) is 9.77. The van der Waals surface area contributed by atoms with E-state index in [2.05, 4.69) is 4.98 Å². The number of hydrogen-bond donors (Lipinski definition) is 2. The van der Waals surface area contributed by atoms with Gasteiger partial charge < -0.3 is 10.7 Å². The van der Waals surface area contributed by atoms with Crippen LogP contribution in [0.25, 0.3) is 11.1 Å². The molecule has 0 amide bonds. The molecule has 0 aliphatic heterocycles. The molecule has 0 unspecified atom stereocenters. The maximum absolute atomic E-state index is 11.9. The zero-order chi connectivity index (χ0) is 16.4. The molecule has 0 radical (unpaired) electrons. The number of anilines is 1. The molecule has 0 aliphatic carbocycles. The maximum Gasteiger partial charge on any atom is 0.270 e. The molecule has 0 aliphatic rings. The summed E-state index contributed by atoms with van der Waals surface area (Å²) in [6.45, 7) is 1.65. The summed E-state index contributed by atoms with van der Waals surface area (Å²) in [6.07, 6.45) is 0. The monoisotopic (exact) mass is 295 g/mol. The number of aromatic nitrogens is 1. The average molecular weight is 295 g/mol.